The molecule has 1 aliphatic carbocycles. The molecule has 36 heavy (non-hydrogen) atoms. The zero-order valence-corrected chi connectivity index (χ0v) is 20.3. The fourth-order valence-corrected chi connectivity index (χ4v) is 4.07. The Labute approximate surface area is 208 Å². The molecule has 5 rings (SSSR count). The summed E-state index contributed by atoms with van der Waals surface area (Å²) in [5.41, 5.74) is 6.18. The molecule has 1 saturated heterocycles. The summed E-state index contributed by atoms with van der Waals surface area (Å²) >= 11 is 0. The Hall–Kier alpha value is -3.40. The van der Waals surface area contributed by atoms with E-state index in [1.807, 2.05) is 18.2 Å². The number of carbonyl (C=O) groups is 1. The maximum Gasteiger partial charge on any atom is 0.490 e. The first-order valence-electron chi connectivity index (χ1n) is 12.0. The van der Waals surface area contributed by atoms with Gasteiger partial charge >= 0.3 is 12.1 Å². The molecule has 192 valence electrons. The van der Waals surface area contributed by atoms with Crippen LogP contribution in [0.3, 0.4) is 0 Å². The zero-order chi connectivity index (χ0) is 25.9. The van der Waals surface area contributed by atoms with Gasteiger partial charge in [0.05, 0.1) is 11.0 Å². The highest BCUT2D eigenvalue weighted by atomic mass is 19.4. The first kappa shape index (κ1) is 25.7. The molecule has 2 heterocycles. The van der Waals surface area contributed by atoms with E-state index in [9.17, 15) is 13.2 Å². The van der Waals surface area contributed by atoms with E-state index in [1.165, 1.54) is 29.5 Å². The van der Waals surface area contributed by atoms with Crippen LogP contribution < -0.4 is 10.2 Å². The number of fused-ring (bicyclic) bond motifs is 1. The maximum atomic E-state index is 10.6. The molecule has 2 fully saturated rings. The Morgan fingerprint density at radius 3 is 2.19 bits per heavy atom. The lowest BCUT2D eigenvalue weighted by molar-refractivity contribution is -0.192. The molecule has 3 aromatic rings. The minimum Gasteiger partial charge on any atom is -0.475 e. The summed E-state index contributed by atoms with van der Waals surface area (Å²) in [5, 5.41) is 10.7. The largest absolute Gasteiger partial charge is 0.490 e. The summed E-state index contributed by atoms with van der Waals surface area (Å²) < 4.78 is 31.7. The highest BCUT2D eigenvalue weighted by Crippen LogP contribution is 2.31. The Balaban J connectivity index is 0.000000384. The van der Waals surface area contributed by atoms with Crippen molar-refractivity contribution in [1.29, 1.82) is 0 Å². The minimum absolute atomic E-state index is 0.565. The molecule has 0 spiro atoms. The predicted molar refractivity (Wildman–Crippen MR) is 133 cm³/mol. The number of alkyl halides is 3. The summed E-state index contributed by atoms with van der Waals surface area (Å²) in [7, 11) is 0. The van der Waals surface area contributed by atoms with E-state index >= 15 is 0 Å². The lowest BCUT2D eigenvalue weighted by atomic mass is 10.0. The lowest BCUT2D eigenvalue weighted by Gasteiger charge is -2.36. The summed E-state index contributed by atoms with van der Waals surface area (Å²) in [6.45, 7) is 9.52. The van der Waals surface area contributed by atoms with E-state index < -0.39 is 12.1 Å². The zero-order valence-electron chi connectivity index (χ0n) is 20.3. The molecule has 10 heteroatoms. The topological polar surface area (TPSA) is 81.6 Å². The van der Waals surface area contributed by atoms with Crippen LogP contribution in [0.4, 0.5) is 24.8 Å². The number of halogens is 3. The highest BCUT2D eigenvalue weighted by molar-refractivity contribution is 5.80. The Morgan fingerprint density at radius 1 is 1.00 bits per heavy atom. The van der Waals surface area contributed by atoms with Crippen LogP contribution in [0.2, 0.25) is 0 Å². The number of anilines is 2. The average Bonchev–Trinajstić information content (AvgIpc) is 3.66. The number of aromatic nitrogens is 2. The highest BCUT2D eigenvalue weighted by Gasteiger charge is 2.38. The normalized spacial score (nSPS) is 16.4. The van der Waals surface area contributed by atoms with Crippen LogP contribution in [0, 0.1) is 13.8 Å². The molecule has 2 N–H and O–H groups in total. The Morgan fingerprint density at radius 2 is 1.61 bits per heavy atom. The second kappa shape index (κ2) is 10.7. The third kappa shape index (κ3) is 6.42. The maximum absolute atomic E-state index is 10.6. The monoisotopic (exact) mass is 501 g/mol. The third-order valence-corrected chi connectivity index (χ3v) is 6.50. The molecule has 1 aromatic heterocycles. The van der Waals surface area contributed by atoms with Crippen molar-refractivity contribution in [1.82, 2.24) is 14.9 Å². The molecule has 0 bridgehead atoms. The smallest absolute Gasteiger partial charge is 0.475 e. The molecule has 0 radical (unpaired) electrons. The number of benzene rings is 2. The number of piperazine rings is 1. The summed E-state index contributed by atoms with van der Waals surface area (Å²) in [6, 6.07) is 15.4. The van der Waals surface area contributed by atoms with Crippen LogP contribution in [0.1, 0.15) is 29.5 Å². The van der Waals surface area contributed by atoms with Crippen LogP contribution >= 0.6 is 0 Å². The molecule has 0 atom stereocenters. The van der Waals surface area contributed by atoms with Crippen LogP contribution in [0.15, 0.2) is 42.5 Å². The first-order valence-corrected chi connectivity index (χ1v) is 12.0. The van der Waals surface area contributed by atoms with Gasteiger partial charge in [-0.1, -0.05) is 30.3 Å². The number of nitrogens with zero attached hydrogens (tertiary/aromatic N) is 4. The SMILES string of the molecule is Cc1cccc(CN2CCN(c3nc4ccccc4nc3NC3CC3)CC2)c1C.O=C(O)C(F)(F)F. The lowest BCUT2D eigenvalue weighted by Crippen LogP contribution is -2.46. The van der Waals surface area contributed by atoms with Crippen LogP contribution in [0.5, 0.6) is 0 Å². The van der Waals surface area contributed by atoms with Crippen molar-refractivity contribution >= 4 is 28.6 Å². The predicted octanol–water partition coefficient (Wildman–Crippen LogP) is 4.78. The first-order chi connectivity index (χ1) is 17.1. The van der Waals surface area contributed by atoms with Gasteiger partial charge in [-0.05, 0) is 55.5 Å². The number of rotatable bonds is 5. The Bertz CT molecular complexity index is 1220. The van der Waals surface area contributed by atoms with Crippen LogP contribution in [-0.4, -0.2) is 64.3 Å². The average molecular weight is 502 g/mol. The second-order valence-electron chi connectivity index (χ2n) is 9.23. The fraction of sp³-hybridized carbons (Fsp3) is 0.423. The van der Waals surface area contributed by atoms with E-state index in [1.54, 1.807) is 0 Å². The van der Waals surface area contributed by atoms with E-state index in [0.29, 0.717) is 6.04 Å². The summed E-state index contributed by atoms with van der Waals surface area (Å²) in [5.74, 6) is -0.788. The van der Waals surface area contributed by atoms with Gasteiger partial charge in [-0.15, -0.1) is 0 Å². The van der Waals surface area contributed by atoms with Gasteiger partial charge in [-0.2, -0.15) is 13.2 Å². The summed E-state index contributed by atoms with van der Waals surface area (Å²) in [4.78, 5) is 23.8. The number of hydrogen-bond acceptors (Lipinski definition) is 6. The van der Waals surface area contributed by atoms with E-state index in [2.05, 4.69) is 53.2 Å². The molecular weight excluding hydrogens is 471 g/mol. The van der Waals surface area contributed by atoms with Gasteiger partial charge in [-0.3, -0.25) is 4.90 Å². The Kier molecular flexibility index (Phi) is 7.63. The van der Waals surface area contributed by atoms with Gasteiger partial charge in [0.25, 0.3) is 0 Å². The molecule has 0 amide bonds. The molecule has 1 aliphatic heterocycles. The molecule has 1 saturated carbocycles. The number of para-hydroxylation sites is 2. The van der Waals surface area contributed by atoms with Crippen molar-refractivity contribution in [3.05, 3.63) is 59.2 Å². The molecule has 2 aromatic carbocycles. The molecule has 0 unspecified atom stereocenters. The second-order valence-corrected chi connectivity index (χ2v) is 9.23. The number of carboxylic acids is 1. The van der Waals surface area contributed by atoms with E-state index in [0.717, 1.165) is 55.4 Å². The fourth-order valence-electron chi connectivity index (χ4n) is 4.07. The standard InChI is InChI=1S/C24H29N5.C2HF3O2/c1-17-6-5-7-19(18(17)2)16-28-12-14-29(15-13-28)24-23(25-20-10-11-20)26-21-8-3-4-9-22(21)27-24;3-2(4,5)1(6)7/h3-9,20H,10-16H2,1-2H3,(H,25,26);(H,6,7). The number of carboxylic acid groups (broad SMARTS) is 1. The van der Waals surface area contributed by atoms with Crippen molar-refractivity contribution in [2.45, 2.75) is 45.5 Å². The number of aryl methyl sites for hydroxylation is 1. The van der Waals surface area contributed by atoms with Crippen molar-refractivity contribution in [2.75, 3.05) is 36.4 Å². The van der Waals surface area contributed by atoms with Gasteiger partial charge < -0.3 is 15.3 Å². The van der Waals surface area contributed by atoms with Crippen molar-refractivity contribution < 1.29 is 23.1 Å². The minimum atomic E-state index is -5.08. The molecular formula is C26H30F3N5O2. The van der Waals surface area contributed by atoms with Crippen molar-refractivity contribution in [3.8, 4) is 0 Å². The van der Waals surface area contributed by atoms with Gasteiger partial charge in [0, 0.05) is 38.8 Å². The quantitative estimate of drug-likeness (QED) is 0.521. The number of hydrogen-bond donors (Lipinski definition) is 2. The van der Waals surface area contributed by atoms with E-state index in [-0.39, 0.29) is 0 Å². The van der Waals surface area contributed by atoms with Gasteiger partial charge in [-0.25, -0.2) is 14.8 Å². The van der Waals surface area contributed by atoms with Gasteiger partial charge in [0.2, 0.25) is 0 Å². The summed E-state index contributed by atoms with van der Waals surface area (Å²) in [6.07, 6.45) is -2.62. The molecule has 2 aliphatic rings. The third-order valence-electron chi connectivity index (χ3n) is 6.50. The van der Waals surface area contributed by atoms with Crippen molar-refractivity contribution in [3.63, 3.8) is 0 Å². The van der Waals surface area contributed by atoms with Gasteiger partial charge in [0.15, 0.2) is 11.6 Å². The van der Waals surface area contributed by atoms with Crippen molar-refractivity contribution in [2.24, 2.45) is 0 Å². The molecule has 7 nitrogen and oxygen atoms in total. The number of aliphatic carboxylic acids is 1. The number of nitrogens with one attached hydrogen (secondary N) is 1. The van der Waals surface area contributed by atoms with Crippen LogP contribution in [0.25, 0.3) is 11.0 Å². The van der Waals surface area contributed by atoms with Crippen LogP contribution in [-0.2, 0) is 11.3 Å². The van der Waals surface area contributed by atoms with E-state index in [4.69, 9.17) is 19.9 Å². The van der Waals surface area contributed by atoms with Gasteiger partial charge in [0.1, 0.15) is 0 Å².